The molecule has 0 spiro atoms. The summed E-state index contributed by atoms with van der Waals surface area (Å²) in [5, 5.41) is 0. The summed E-state index contributed by atoms with van der Waals surface area (Å²) in [6.07, 6.45) is 0. The number of piperazine rings is 1. The Morgan fingerprint density at radius 1 is 1.12 bits per heavy atom. The lowest BCUT2D eigenvalue weighted by molar-refractivity contribution is 0.305. The van der Waals surface area contributed by atoms with Gasteiger partial charge in [0, 0.05) is 26.2 Å². The van der Waals surface area contributed by atoms with Crippen molar-refractivity contribution in [3.8, 4) is 0 Å². The molecular weight excluding hydrogens is 329 g/mol. The van der Waals surface area contributed by atoms with Crippen molar-refractivity contribution in [2.75, 3.05) is 38.1 Å². The molecule has 0 N–H and O–H groups in total. The number of hydrogen-bond acceptors (Lipinski definition) is 4. The van der Waals surface area contributed by atoms with Gasteiger partial charge in [0.05, 0.1) is 0 Å². The molecule has 1 aromatic carbocycles. The van der Waals surface area contributed by atoms with Crippen molar-refractivity contribution < 1.29 is 4.42 Å². The van der Waals surface area contributed by atoms with E-state index in [1.807, 2.05) is 24.3 Å². The monoisotopic (exact) mass is 345 g/mol. The quantitative estimate of drug-likeness (QED) is 0.742. The number of halogens is 1. The first-order valence-electron chi connectivity index (χ1n) is 5.62. The molecular formula is C12H16IN3O. The fourth-order valence-corrected chi connectivity index (χ4v) is 1.99. The summed E-state index contributed by atoms with van der Waals surface area (Å²) in [4.78, 5) is 9.03. The second kappa shape index (κ2) is 5.22. The SMILES string of the molecule is CN1CCN(c2nc3ccccc3o2)CC1.I. The number of likely N-dealkylation sites (N-methyl/N-ethyl adjacent to an activating group) is 1. The second-order valence-electron chi connectivity index (χ2n) is 4.25. The molecule has 92 valence electrons. The van der Waals surface area contributed by atoms with Crippen molar-refractivity contribution in [3.05, 3.63) is 24.3 Å². The van der Waals surface area contributed by atoms with E-state index in [-0.39, 0.29) is 24.0 Å². The zero-order chi connectivity index (χ0) is 11.0. The highest BCUT2D eigenvalue weighted by atomic mass is 127. The van der Waals surface area contributed by atoms with Crippen LogP contribution >= 0.6 is 24.0 Å². The summed E-state index contributed by atoms with van der Waals surface area (Å²) < 4.78 is 5.74. The molecule has 1 saturated heterocycles. The molecule has 1 aliphatic rings. The van der Waals surface area contributed by atoms with Gasteiger partial charge >= 0.3 is 0 Å². The van der Waals surface area contributed by atoms with E-state index in [1.54, 1.807) is 0 Å². The Balaban J connectivity index is 0.00000108. The van der Waals surface area contributed by atoms with Crippen LogP contribution in [-0.2, 0) is 0 Å². The summed E-state index contributed by atoms with van der Waals surface area (Å²) in [5.74, 6) is 0. The van der Waals surface area contributed by atoms with Crippen LogP contribution in [0.15, 0.2) is 28.7 Å². The maximum atomic E-state index is 5.74. The molecule has 2 heterocycles. The van der Waals surface area contributed by atoms with Crippen molar-refractivity contribution in [1.29, 1.82) is 0 Å². The van der Waals surface area contributed by atoms with E-state index in [1.165, 1.54) is 0 Å². The molecule has 2 aromatic rings. The van der Waals surface area contributed by atoms with Crippen molar-refractivity contribution in [3.63, 3.8) is 0 Å². The number of nitrogens with zero attached hydrogens (tertiary/aromatic N) is 3. The van der Waals surface area contributed by atoms with E-state index >= 15 is 0 Å². The molecule has 4 nitrogen and oxygen atoms in total. The minimum absolute atomic E-state index is 0. The zero-order valence-corrected chi connectivity index (χ0v) is 12.1. The average Bonchev–Trinajstić information content (AvgIpc) is 2.73. The molecule has 3 rings (SSSR count). The van der Waals surface area contributed by atoms with Gasteiger partial charge in [-0.15, -0.1) is 24.0 Å². The third kappa shape index (κ3) is 2.55. The molecule has 0 bridgehead atoms. The second-order valence-corrected chi connectivity index (χ2v) is 4.25. The number of aromatic nitrogens is 1. The van der Waals surface area contributed by atoms with Gasteiger partial charge < -0.3 is 14.2 Å². The number of para-hydroxylation sites is 2. The smallest absolute Gasteiger partial charge is 0.298 e. The minimum Gasteiger partial charge on any atom is -0.423 e. The number of oxazole rings is 1. The Bertz CT molecular complexity index is 458. The van der Waals surface area contributed by atoms with E-state index in [9.17, 15) is 0 Å². The van der Waals surface area contributed by atoms with Crippen LogP contribution in [0.1, 0.15) is 0 Å². The van der Waals surface area contributed by atoms with Crippen molar-refractivity contribution in [1.82, 2.24) is 9.88 Å². The van der Waals surface area contributed by atoms with Crippen LogP contribution in [0.25, 0.3) is 11.1 Å². The van der Waals surface area contributed by atoms with E-state index in [0.29, 0.717) is 0 Å². The van der Waals surface area contributed by atoms with Gasteiger partial charge in [-0.3, -0.25) is 0 Å². The molecule has 0 saturated carbocycles. The van der Waals surface area contributed by atoms with Crippen LogP contribution in [0.4, 0.5) is 6.01 Å². The predicted molar refractivity (Wildman–Crippen MR) is 79.1 cm³/mol. The number of benzene rings is 1. The van der Waals surface area contributed by atoms with E-state index in [0.717, 1.165) is 43.3 Å². The number of rotatable bonds is 1. The number of fused-ring (bicyclic) bond motifs is 1. The summed E-state index contributed by atoms with van der Waals surface area (Å²) >= 11 is 0. The highest BCUT2D eigenvalue weighted by Gasteiger charge is 2.18. The lowest BCUT2D eigenvalue weighted by atomic mass is 10.3. The van der Waals surface area contributed by atoms with Gasteiger partial charge in [-0.2, -0.15) is 4.98 Å². The van der Waals surface area contributed by atoms with E-state index < -0.39 is 0 Å². The first kappa shape index (κ1) is 12.6. The van der Waals surface area contributed by atoms with Crippen molar-refractivity contribution >= 4 is 41.1 Å². The number of anilines is 1. The first-order valence-corrected chi connectivity index (χ1v) is 5.62. The van der Waals surface area contributed by atoms with Gasteiger partial charge in [0.1, 0.15) is 5.52 Å². The maximum absolute atomic E-state index is 5.74. The third-order valence-electron chi connectivity index (χ3n) is 3.06. The lowest BCUT2D eigenvalue weighted by Crippen LogP contribution is -2.44. The van der Waals surface area contributed by atoms with Crippen LogP contribution in [-0.4, -0.2) is 43.1 Å². The molecule has 0 unspecified atom stereocenters. The summed E-state index contributed by atoms with van der Waals surface area (Å²) in [6, 6.07) is 8.66. The largest absolute Gasteiger partial charge is 0.423 e. The fraction of sp³-hybridized carbons (Fsp3) is 0.417. The van der Waals surface area contributed by atoms with Gasteiger partial charge in [-0.1, -0.05) is 12.1 Å². The van der Waals surface area contributed by atoms with Gasteiger partial charge in [0.15, 0.2) is 5.58 Å². The molecule has 1 aromatic heterocycles. The van der Waals surface area contributed by atoms with E-state index in [4.69, 9.17) is 4.42 Å². The first-order chi connectivity index (χ1) is 7.83. The minimum atomic E-state index is 0. The fourth-order valence-electron chi connectivity index (χ4n) is 1.99. The van der Waals surface area contributed by atoms with Crippen LogP contribution < -0.4 is 4.90 Å². The van der Waals surface area contributed by atoms with Crippen LogP contribution in [0.3, 0.4) is 0 Å². The molecule has 0 amide bonds. The van der Waals surface area contributed by atoms with Crippen LogP contribution in [0.5, 0.6) is 0 Å². The van der Waals surface area contributed by atoms with Gasteiger partial charge in [0.25, 0.3) is 6.01 Å². The molecule has 17 heavy (non-hydrogen) atoms. The average molecular weight is 345 g/mol. The molecule has 1 fully saturated rings. The molecule has 5 heteroatoms. The molecule has 1 aliphatic heterocycles. The van der Waals surface area contributed by atoms with Gasteiger partial charge in [-0.25, -0.2) is 0 Å². The Morgan fingerprint density at radius 3 is 2.53 bits per heavy atom. The van der Waals surface area contributed by atoms with E-state index in [2.05, 4.69) is 21.8 Å². The highest BCUT2D eigenvalue weighted by Crippen LogP contribution is 2.22. The highest BCUT2D eigenvalue weighted by molar-refractivity contribution is 14.0. The zero-order valence-electron chi connectivity index (χ0n) is 9.80. The normalized spacial score (nSPS) is 17.1. The number of hydrogen-bond donors (Lipinski definition) is 0. The van der Waals surface area contributed by atoms with Crippen LogP contribution in [0.2, 0.25) is 0 Å². The van der Waals surface area contributed by atoms with Crippen LogP contribution in [0, 0.1) is 0 Å². The van der Waals surface area contributed by atoms with Crippen molar-refractivity contribution in [2.45, 2.75) is 0 Å². The Labute approximate surface area is 118 Å². The molecule has 0 aliphatic carbocycles. The summed E-state index contributed by atoms with van der Waals surface area (Å²) in [6.45, 7) is 4.12. The Morgan fingerprint density at radius 2 is 1.82 bits per heavy atom. The Kier molecular flexibility index (Phi) is 3.88. The maximum Gasteiger partial charge on any atom is 0.298 e. The molecule has 0 radical (unpaired) electrons. The van der Waals surface area contributed by atoms with Gasteiger partial charge in [-0.05, 0) is 19.2 Å². The predicted octanol–water partition coefficient (Wildman–Crippen LogP) is 2.20. The van der Waals surface area contributed by atoms with Crippen molar-refractivity contribution in [2.24, 2.45) is 0 Å². The summed E-state index contributed by atoms with van der Waals surface area (Å²) in [7, 11) is 2.14. The Hall–Kier alpha value is -0.820. The lowest BCUT2D eigenvalue weighted by Gasteiger charge is -2.31. The molecule has 0 atom stereocenters. The van der Waals surface area contributed by atoms with Gasteiger partial charge in [0.2, 0.25) is 0 Å². The third-order valence-corrected chi connectivity index (χ3v) is 3.06. The summed E-state index contributed by atoms with van der Waals surface area (Å²) in [5.41, 5.74) is 1.81. The topological polar surface area (TPSA) is 32.5 Å². The standard InChI is InChI=1S/C12H15N3O.HI/c1-14-6-8-15(9-7-14)12-13-10-4-2-3-5-11(10)16-12;/h2-5H,6-9H2,1H3;1H.